The molecule has 514 valence electrons. The number of fused-ring (bicyclic) bond motifs is 1. The molecular weight excluding hydrogens is 1340 g/mol. The molecule has 1 aliphatic rings. The first-order valence-corrected chi connectivity index (χ1v) is 33.1. The summed E-state index contributed by atoms with van der Waals surface area (Å²) in [7, 11) is 1.32. The number of hydrogen-bond acceptors (Lipinski definition) is 22. The summed E-state index contributed by atoms with van der Waals surface area (Å²) < 4.78 is 8.22. The molecule has 1 saturated heterocycles. The van der Waals surface area contributed by atoms with Crippen LogP contribution in [0.5, 0.6) is 5.75 Å². The Labute approximate surface area is 565 Å². The van der Waals surface area contributed by atoms with Crippen LogP contribution in [0.25, 0.3) is 10.9 Å². The molecule has 1 aromatic heterocycles. The van der Waals surface area contributed by atoms with Crippen LogP contribution in [0.3, 0.4) is 0 Å². The maximum atomic E-state index is 15.1. The Kier molecular flexibility index (Phi) is 34.8. The summed E-state index contributed by atoms with van der Waals surface area (Å²) in [4.78, 5) is 127. The van der Waals surface area contributed by atoms with Gasteiger partial charge in [-0.15, -0.1) is 5.75 Å². The second-order valence-corrected chi connectivity index (χ2v) is 24.0. The van der Waals surface area contributed by atoms with Gasteiger partial charge in [-0.05, 0) is 124 Å². The fourth-order valence-electron chi connectivity index (χ4n) is 9.96. The van der Waals surface area contributed by atoms with E-state index in [2.05, 4.69) is 52.2 Å². The first-order chi connectivity index (χ1) is 45.0. The average Bonchev–Trinajstić information content (AvgIpc) is 1.49. The van der Waals surface area contributed by atoms with E-state index in [0.717, 1.165) is 46.4 Å². The van der Waals surface area contributed by atoms with Gasteiger partial charge < -0.3 is 108 Å². The van der Waals surface area contributed by atoms with E-state index in [1.165, 1.54) is 45.2 Å². The summed E-state index contributed by atoms with van der Waals surface area (Å²) in [5.41, 5.74) is 20.0. The molecule has 0 aliphatic carbocycles. The van der Waals surface area contributed by atoms with Crippen LogP contribution in [0.15, 0.2) is 95.0 Å². The van der Waals surface area contributed by atoms with Gasteiger partial charge in [-0.3, -0.25) is 48.3 Å². The Balaban J connectivity index is 0.00000931. The monoisotopic (exact) mass is 1430 g/mol. The van der Waals surface area contributed by atoms with Gasteiger partial charge in [-0.25, -0.2) is 0 Å². The molecule has 32 heteroatoms. The molecule has 8 amide bonds. The number of unbranched alkanes of at least 4 members (excludes halogenated alkanes) is 2. The second-order valence-electron chi connectivity index (χ2n) is 22.6. The van der Waals surface area contributed by atoms with Gasteiger partial charge in [0.25, 0.3) is 0 Å². The fourth-order valence-corrected chi connectivity index (χ4v) is 11.0. The molecule has 0 bridgehead atoms. The van der Waals surface area contributed by atoms with Crippen LogP contribution in [0.2, 0.25) is 0 Å². The number of aromatic hydroxyl groups is 1. The van der Waals surface area contributed by atoms with Crippen molar-refractivity contribution in [3.8, 4) is 5.75 Å². The third kappa shape index (κ3) is 25.4. The van der Waals surface area contributed by atoms with Crippen molar-refractivity contribution >= 4 is 94.3 Å². The molecule has 3 aromatic carbocycles. The number of aliphatic imine (C=N–C) groups is 2. The molecule has 1 fully saturated rings. The number of carbonyl (C=O) groups excluding carboxylic acids is 8. The van der Waals surface area contributed by atoms with Crippen LogP contribution in [-0.2, 0) is 92.6 Å². The van der Waals surface area contributed by atoms with Gasteiger partial charge in [-0.2, -0.15) is 11.8 Å². The van der Waals surface area contributed by atoms with E-state index in [1.54, 1.807) is 42.6 Å². The summed E-state index contributed by atoms with van der Waals surface area (Å²) in [6, 6.07) is 7.51. The fraction of sp³-hybridized carbons (Fsp3) is 0.516. The molecule has 94 heavy (non-hydrogen) atoms. The molecule has 2 heterocycles. The number of thioether (sulfide) groups is 1. The summed E-state index contributed by atoms with van der Waals surface area (Å²) in [5.74, 6) is -9.27. The van der Waals surface area contributed by atoms with E-state index < -0.39 is 145 Å². The molecule has 0 spiro atoms. The van der Waals surface area contributed by atoms with Gasteiger partial charge in [0.1, 0.15) is 48.0 Å². The first kappa shape index (κ1) is 79.0. The van der Waals surface area contributed by atoms with Crippen molar-refractivity contribution in [2.75, 3.05) is 50.5 Å². The van der Waals surface area contributed by atoms with E-state index in [4.69, 9.17) is 33.3 Å². The number of rotatable bonds is 31. The number of nitrogens with one attached hydrogen (secondary N) is 8. The Morgan fingerprint density at radius 2 is 1.30 bits per heavy atom. The number of aromatic nitrogens is 1. The van der Waals surface area contributed by atoms with Gasteiger partial charge in [-0.1, -0.05) is 60.7 Å². The number of nitrogens with two attached hydrogens (primary N) is 3. The summed E-state index contributed by atoms with van der Waals surface area (Å²) >= 11 is 6.97. The zero-order chi connectivity index (χ0) is 69.4. The van der Waals surface area contributed by atoms with E-state index in [9.17, 15) is 59.4 Å². The average molecular weight is 1430 g/mol. The van der Waals surface area contributed by atoms with Crippen molar-refractivity contribution in [1.29, 1.82) is 0 Å². The van der Waals surface area contributed by atoms with Gasteiger partial charge in [0.2, 0.25) is 47.3 Å². The Morgan fingerprint density at radius 3 is 1.94 bits per heavy atom. The van der Waals surface area contributed by atoms with Crippen molar-refractivity contribution < 1.29 is 91.4 Å². The van der Waals surface area contributed by atoms with E-state index in [1.807, 2.05) is 18.2 Å². The van der Waals surface area contributed by atoms with Crippen LogP contribution >= 0.6 is 11.8 Å². The third-order valence-corrected chi connectivity index (χ3v) is 16.7. The van der Waals surface area contributed by atoms with Gasteiger partial charge >= 0.3 is 22.4 Å². The quantitative estimate of drug-likeness (QED) is 0.00986. The number of nitrogens with zero attached hydrogens (tertiary/aromatic N) is 3. The van der Waals surface area contributed by atoms with Gasteiger partial charge in [0.05, 0.1) is 36.7 Å². The van der Waals surface area contributed by atoms with E-state index >= 15 is 9.59 Å². The summed E-state index contributed by atoms with van der Waals surface area (Å²) in [6.07, 6.45) is -0.0880. The molecule has 12 atom stereocenters. The molecule has 0 radical (unpaired) electrons. The number of H-pyrrole nitrogens is 1. The van der Waals surface area contributed by atoms with Crippen molar-refractivity contribution in [2.45, 2.75) is 151 Å². The van der Waals surface area contributed by atoms with Crippen LogP contribution < -0.4 is 64.6 Å². The van der Waals surface area contributed by atoms with Crippen LogP contribution in [0.4, 0.5) is 0 Å². The first-order valence-electron chi connectivity index (χ1n) is 30.6. The number of aliphatic hydroxyl groups excluding tert-OH is 3. The molecule has 0 unspecified atom stereocenters. The third-order valence-electron chi connectivity index (χ3n) is 15.4. The topological polar surface area (TPSA) is 487 Å². The number of benzene rings is 3. The molecule has 1 aliphatic heterocycles. The number of likely N-dealkylation sites (N-methyl/N-ethyl adjacent to an activating group) is 1. The standard InChI is InChI=1S/C62H90N14O14S2.O.Tc/c1-35(78)49(32-77)73-59(87)50(33-91)74-55(83)44(17-9-11-24-63)68-54(82)42(65)31-67-52(81)34-92-26-23-51-60(88)71-46(27-38-19-21-40(80)22-20-38)57(85)70-47(29-39-30-66-43-16-8-7-15-41(39)43)58(86)69-45(18-10-12-25-64)56(84)75-53(36(2)79)61(89)72-48(62(90)76(51)3)28-37-13-5-4-6-14-37;;/h4-8,13-16,19-22,30,35-36,42,44-51,53,66,77-80,91H,9-12,17-18,23-29,31-34,63-65H2,1-3H3,(H,67,81)(H,68,82)(H,69,86)(H,70,85)(H,71,88)(H,72,89)(H,73,87)(H,74,83)(H,75,84);;/q;;+3/p-3/t35-,36-,42+,44+,45+,46+,47-,48+,49-,50+,51+,53+;;/m1../s1/i;;1+1. The second kappa shape index (κ2) is 41.4. The SMILES string of the molecule is C[C@@H](O)[C@@H]1NC(=O)[C@H](CCCCN)NC(=O)[C@@H](Cc2c[nH]c3ccccc23)NC(=O)[C@H](Cc2ccc(O)cc2)NC(=O)[C@H](CCSCC(=O)NC[C@H](N)C([O-])=N[C@@H](CCCCN)C([O-])=N[C@@H](C[S-])C(=O)N[C@H](CO)[C@@H](C)O)N(C)C(=O)[C@H](Cc2ccccc2)NC1=O.[O]=[99Tc+3]. The number of para-hydroxylation sites is 1. The predicted molar refractivity (Wildman–Crippen MR) is 347 cm³/mol. The number of phenols is 1. The molecule has 29 nitrogen and oxygen atoms in total. The zero-order valence-corrected chi connectivity index (χ0v) is 56.1. The minimum absolute atomic E-state index is 0.000230. The minimum atomic E-state index is -1.69. The number of phenolic OH excluding ortho intramolecular Hbond substituents is 1. The van der Waals surface area contributed by atoms with E-state index in [0.29, 0.717) is 42.4 Å². The van der Waals surface area contributed by atoms with Crippen LogP contribution in [0.1, 0.15) is 75.5 Å². The van der Waals surface area contributed by atoms with E-state index in [-0.39, 0.29) is 74.6 Å². The van der Waals surface area contributed by atoms with Gasteiger partial charge in [0.15, 0.2) is 0 Å². The van der Waals surface area contributed by atoms with Crippen LogP contribution in [-0.4, -0.2) is 213 Å². The predicted octanol–water partition coefficient (Wildman–Crippen LogP) is -4.09. The Bertz CT molecular complexity index is 3150. The number of carbonyl (C=O) groups is 8. The summed E-state index contributed by atoms with van der Waals surface area (Å²) in [5, 5.41) is 86.8. The maximum absolute atomic E-state index is 15.1. The molecule has 18 N–H and O–H groups in total. The van der Waals surface area contributed by atoms with Crippen LogP contribution in [0, 0.1) is 0 Å². The number of amides is 8. The molecule has 4 aromatic rings. The number of aromatic amines is 1. The Morgan fingerprint density at radius 1 is 0.723 bits per heavy atom. The van der Waals surface area contributed by atoms with Crippen molar-refractivity contribution in [3.05, 3.63) is 102 Å². The normalized spacial score (nSPS) is 20.8. The molecule has 0 saturated carbocycles. The van der Waals surface area contributed by atoms with Crippen molar-refractivity contribution in [1.82, 2.24) is 47.1 Å². The summed E-state index contributed by atoms with van der Waals surface area (Å²) in [6.45, 7) is 2.07. The molecule has 5 rings (SSSR count). The van der Waals surface area contributed by atoms with Crippen molar-refractivity contribution in [2.24, 2.45) is 27.2 Å². The Hall–Kier alpha value is -7.39. The van der Waals surface area contributed by atoms with Crippen molar-refractivity contribution in [3.63, 3.8) is 0 Å². The number of hydrogen-bond donors (Lipinski definition) is 15. The molecular formula is C62H87N14O15S2Tc. The number of aliphatic hydroxyl groups is 3. The zero-order valence-electron chi connectivity index (χ0n) is 52.6. The van der Waals surface area contributed by atoms with Gasteiger partial charge in [0, 0.05) is 56.0 Å².